The molecule has 0 atom stereocenters. The molecule has 1 aromatic carbocycles. The number of aromatic nitrogens is 3. The highest BCUT2D eigenvalue weighted by Crippen LogP contribution is 2.38. The van der Waals surface area contributed by atoms with Gasteiger partial charge >= 0.3 is 0 Å². The normalized spacial score (nSPS) is 14.6. The number of ether oxygens (including phenoxy) is 2. The van der Waals surface area contributed by atoms with Crippen molar-refractivity contribution in [2.45, 2.75) is 18.8 Å². The van der Waals surface area contributed by atoms with Gasteiger partial charge in [0.25, 0.3) is 0 Å². The van der Waals surface area contributed by atoms with E-state index in [1.54, 1.807) is 25.1 Å². The number of hydrogen-bond donors (Lipinski definition) is 1. The van der Waals surface area contributed by atoms with E-state index in [9.17, 15) is 0 Å². The fraction of sp³-hybridized carbons (Fsp3) is 0.357. The van der Waals surface area contributed by atoms with Gasteiger partial charge in [0.15, 0.2) is 17.3 Å². The maximum atomic E-state index is 5.28. The lowest BCUT2D eigenvalue weighted by Gasteiger charge is -2.07. The van der Waals surface area contributed by atoms with Gasteiger partial charge in [-0.05, 0) is 48.8 Å². The molecule has 1 N–H and O–H groups in total. The summed E-state index contributed by atoms with van der Waals surface area (Å²) in [5.41, 5.74) is 0.900. The van der Waals surface area contributed by atoms with Gasteiger partial charge < -0.3 is 9.47 Å². The van der Waals surface area contributed by atoms with Gasteiger partial charge in [0.05, 0.1) is 20.4 Å². The first-order valence-electron chi connectivity index (χ1n) is 6.66. The van der Waals surface area contributed by atoms with Crippen LogP contribution in [0.4, 0.5) is 0 Å². The molecule has 3 rings (SSSR count). The molecule has 7 heteroatoms. The second-order valence-electron chi connectivity index (χ2n) is 4.83. The summed E-state index contributed by atoms with van der Waals surface area (Å²) in [6.45, 7) is 0. The number of methoxy groups -OCH3 is 2. The molecule has 1 aliphatic rings. The van der Waals surface area contributed by atoms with Crippen LogP contribution in [0.15, 0.2) is 23.3 Å². The molecule has 0 amide bonds. The van der Waals surface area contributed by atoms with Gasteiger partial charge in [0.2, 0.25) is 4.77 Å². The predicted molar refractivity (Wildman–Crippen MR) is 81.9 cm³/mol. The molecular formula is C14H16N4O2S. The third-order valence-corrected chi connectivity index (χ3v) is 3.61. The lowest BCUT2D eigenvalue weighted by Crippen LogP contribution is -1.98. The van der Waals surface area contributed by atoms with Gasteiger partial charge in [-0.25, -0.2) is 0 Å². The summed E-state index contributed by atoms with van der Waals surface area (Å²) in [6.07, 6.45) is 4.02. The molecule has 110 valence electrons. The van der Waals surface area contributed by atoms with E-state index in [4.69, 9.17) is 21.7 Å². The van der Waals surface area contributed by atoms with Crippen LogP contribution < -0.4 is 9.47 Å². The molecule has 0 spiro atoms. The first-order valence-corrected chi connectivity index (χ1v) is 7.07. The van der Waals surface area contributed by atoms with E-state index in [2.05, 4.69) is 15.3 Å². The van der Waals surface area contributed by atoms with E-state index < -0.39 is 0 Å². The van der Waals surface area contributed by atoms with Gasteiger partial charge in [0, 0.05) is 5.92 Å². The molecule has 1 heterocycles. The fourth-order valence-electron chi connectivity index (χ4n) is 2.08. The van der Waals surface area contributed by atoms with E-state index >= 15 is 0 Å². The van der Waals surface area contributed by atoms with Crippen LogP contribution in [0.5, 0.6) is 11.5 Å². The van der Waals surface area contributed by atoms with Gasteiger partial charge in [-0.3, -0.25) is 5.10 Å². The SMILES string of the molecule is COc1ccc(/C=N\n2c(C3CC3)n[nH]c2=S)cc1OC. The zero-order valence-electron chi connectivity index (χ0n) is 11.9. The highest BCUT2D eigenvalue weighted by molar-refractivity contribution is 7.71. The Hall–Kier alpha value is -2.15. The second-order valence-corrected chi connectivity index (χ2v) is 5.22. The highest BCUT2D eigenvalue weighted by Gasteiger charge is 2.29. The first kappa shape index (κ1) is 13.8. The molecule has 2 aromatic rings. The van der Waals surface area contributed by atoms with Crippen molar-refractivity contribution in [2.75, 3.05) is 14.2 Å². The Kier molecular flexibility index (Phi) is 3.74. The Morgan fingerprint density at radius 1 is 1.33 bits per heavy atom. The smallest absolute Gasteiger partial charge is 0.216 e. The van der Waals surface area contributed by atoms with E-state index in [-0.39, 0.29) is 0 Å². The molecule has 1 saturated carbocycles. The van der Waals surface area contributed by atoms with Crippen LogP contribution in [0, 0.1) is 4.77 Å². The monoisotopic (exact) mass is 304 g/mol. The number of nitrogens with one attached hydrogen (secondary N) is 1. The first-order chi connectivity index (χ1) is 10.2. The molecule has 0 saturated heterocycles. The number of benzene rings is 1. The molecule has 0 aliphatic heterocycles. The number of aromatic amines is 1. The van der Waals surface area contributed by atoms with Gasteiger partial charge in [-0.15, -0.1) is 0 Å². The minimum atomic E-state index is 0.473. The molecule has 1 aliphatic carbocycles. The van der Waals surface area contributed by atoms with Crippen LogP contribution in [-0.4, -0.2) is 35.3 Å². The van der Waals surface area contributed by atoms with Crippen LogP contribution in [0.3, 0.4) is 0 Å². The lowest BCUT2D eigenvalue weighted by atomic mass is 10.2. The Morgan fingerprint density at radius 2 is 2.10 bits per heavy atom. The third-order valence-electron chi connectivity index (χ3n) is 3.35. The van der Waals surface area contributed by atoms with Crippen LogP contribution >= 0.6 is 12.2 Å². The van der Waals surface area contributed by atoms with Crippen LogP contribution in [-0.2, 0) is 0 Å². The second kappa shape index (κ2) is 5.69. The molecule has 0 unspecified atom stereocenters. The van der Waals surface area contributed by atoms with Crippen molar-refractivity contribution in [1.29, 1.82) is 0 Å². The Labute approximate surface area is 127 Å². The minimum absolute atomic E-state index is 0.473. The minimum Gasteiger partial charge on any atom is -0.493 e. The molecule has 1 fully saturated rings. The maximum absolute atomic E-state index is 5.28. The predicted octanol–water partition coefficient (Wildman–Crippen LogP) is 2.72. The zero-order valence-corrected chi connectivity index (χ0v) is 12.7. The zero-order chi connectivity index (χ0) is 14.8. The van der Waals surface area contributed by atoms with Crippen molar-refractivity contribution in [3.8, 4) is 11.5 Å². The van der Waals surface area contributed by atoms with E-state index in [0.717, 1.165) is 24.2 Å². The largest absolute Gasteiger partial charge is 0.493 e. The average Bonchev–Trinajstić information content (AvgIpc) is 3.29. The number of nitrogens with zero attached hydrogens (tertiary/aromatic N) is 3. The maximum Gasteiger partial charge on any atom is 0.216 e. The average molecular weight is 304 g/mol. The van der Waals surface area contributed by atoms with Crippen molar-refractivity contribution in [2.24, 2.45) is 5.10 Å². The van der Waals surface area contributed by atoms with Crippen molar-refractivity contribution in [3.05, 3.63) is 34.4 Å². The third kappa shape index (κ3) is 2.82. The number of H-pyrrole nitrogens is 1. The molecule has 0 radical (unpaired) electrons. The van der Waals surface area contributed by atoms with Crippen molar-refractivity contribution < 1.29 is 9.47 Å². The summed E-state index contributed by atoms with van der Waals surface area (Å²) in [5.74, 6) is 2.73. The Bertz CT molecular complexity index is 731. The van der Waals surface area contributed by atoms with E-state index in [1.165, 1.54) is 0 Å². The summed E-state index contributed by atoms with van der Waals surface area (Å²) in [4.78, 5) is 0. The summed E-state index contributed by atoms with van der Waals surface area (Å²) >= 11 is 5.21. The number of rotatable bonds is 5. The van der Waals surface area contributed by atoms with Crippen molar-refractivity contribution in [3.63, 3.8) is 0 Å². The fourth-order valence-corrected chi connectivity index (χ4v) is 2.27. The molecule has 1 aromatic heterocycles. The van der Waals surface area contributed by atoms with Crippen LogP contribution in [0.2, 0.25) is 0 Å². The highest BCUT2D eigenvalue weighted by atomic mass is 32.1. The summed E-state index contributed by atoms with van der Waals surface area (Å²) in [5, 5.41) is 11.5. The Morgan fingerprint density at radius 3 is 2.76 bits per heavy atom. The quantitative estimate of drug-likeness (QED) is 0.681. The summed E-state index contributed by atoms with van der Waals surface area (Å²) in [6, 6.07) is 5.62. The van der Waals surface area contributed by atoms with Crippen molar-refractivity contribution >= 4 is 18.4 Å². The standard InChI is InChI=1S/C14H16N4O2S/c1-19-11-6-3-9(7-12(11)20-2)8-15-18-13(10-4-5-10)16-17-14(18)21/h3,6-8,10H,4-5H2,1-2H3,(H,17,21)/b15-8-. The van der Waals surface area contributed by atoms with Gasteiger partial charge in [-0.2, -0.15) is 14.9 Å². The van der Waals surface area contributed by atoms with Crippen LogP contribution in [0.25, 0.3) is 0 Å². The Balaban J connectivity index is 1.89. The molecule has 6 nitrogen and oxygen atoms in total. The molecule has 21 heavy (non-hydrogen) atoms. The van der Waals surface area contributed by atoms with Crippen molar-refractivity contribution in [1.82, 2.24) is 14.9 Å². The molecule has 0 bridgehead atoms. The van der Waals surface area contributed by atoms with E-state index in [0.29, 0.717) is 22.2 Å². The summed E-state index contributed by atoms with van der Waals surface area (Å²) < 4.78 is 12.7. The van der Waals surface area contributed by atoms with E-state index in [1.807, 2.05) is 18.2 Å². The van der Waals surface area contributed by atoms with Crippen LogP contribution in [0.1, 0.15) is 30.1 Å². The summed E-state index contributed by atoms with van der Waals surface area (Å²) in [7, 11) is 3.22. The lowest BCUT2D eigenvalue weighted by molar-refractivity contribution is 0.355. The topological polar surface area (TPSA) is 64.4 Å². The van der Waals surface area contributed by atoms with Gasteiger partial charge in [-0.1, -0.05) is 0 Å². The number of hydrogen-bond acceptors (Lipinski definition) is 5. The van der Waals surface area contributed by atoms with Gasteiger partial charge in [0.1, 0.15) is 0 Å². The molecular weight excluding hydrogens is 288 g/mol.